The molecule has 1 fully saturated rings. The van der Waals surface area contributed by atoms with Crippen molar-refractivity contribution >= 4 is 34.5 Å². The first kappa shape index (κ1) is 19.1. The number of aromatic nitrogens is 4. The first-order valence-corrected chi connectivity index (χ1v) is 9.79. The van der Waals surface area contributed by atoms with Crippen molar-refractivity contribution in [1.29, 1.82) is 0 Å². The van der Waals surface area contributed by atoms with E-state index < -0.39 is 0 Å². The Kier molecular flexibility index (Phi) is 4.81. The summed E-state index contributed by atoms with van der Waals surface area (Å²) >= 11 is 0. The predicted octanol–water partition coefficient (Wildman–Crippen LogP) is 3.38. The standard InChI is InChI=1S/C20H25N7O2/c1-5-10-27(4)14-7-6-13(25-26-14)23-18(28)15-12(2)29-19-16(15)17(21-11-22-19)24-20(3)8-9-20/h6-7,11H,5,8-10H2,1-4H3,(H,21,22,24)(H,23,25,28). The average molecular weight is 395 g/mol. The molecular formula is C20H25N7O2. The van der Waals surface area contributed by atoms with Crippen LogP contribution in [0.15, 0.2) is 22.9 Å². The summed E-state index contributed by atoms with van der Waals surface area (Å²) in [5.74, 6) is 1.89. The molecule has 0 unspecified atom stereocenters. The van der Waals surface area contributed by atoms with Gasteiger partial charge in [-0.3, -0.25) is 4.79 Å². The van der Waals surface area contributed by atoms with E-state index in [1.807, 2.05) is 18.0 Å². The SMILES string of the molecule is CCCN(C)c1ccc(NC(=O)c2c(C)oc3ncnc(NC4(C)CC4)c23)nn1. The number of fused-ring (bicyclic) bond motifs is 1. The summed E-state index contributed by atoms with van der Waals surface area (Å²) in [6, 6.07) is 3.58. The van der Waals surface area contributed by atoms with Crippen LogP contribution in [0.25, 0.3) is 11.1 Å². The maximum absolute atomic E-state index is 13.0. The van der Waals surface area contributed by atoms with Crippen molar-refractivity contribution < 1.29 is 9.21 Å². The van der Waals surface area contributed by atoms with Crippen LogP contribution in [0.2, 0.25) is 0 Å². The molecule has 0 radical (unpaired) electrons. The van der Waals surface area contributed by atoms with Gasteiger partial charge in [0, 0.05) is 19.1 Å². The number of furan rings is 1. The Balaban J connectivity index is 1.61. The Bertz CT molecular complexity index is 1040. The van der Waals surface area contributed by atoms with Crippen molar-refractivity contribution in [1.82, 2.24) is 20.2 Å². The van der Waals surface area contributed by atoms with Gasteiger partial charge in [0.2, 0.25) is 5.71 Å². The van der Waals surface area contributed by atoms with Crippen LogP contribution < -0.4 is 15.5 Å². The minimum absolute atomic E-state index is 0.00598. The van der Waals surface area contributed by atoms with E-state index in [9.17, 15) is 4.79 Å². The van der Waals surface area contributed by atoms with E-state index in [0.717, 1.165) is 31.6 Å². The van der Waals surface area contributed by atoms with Crippen molar-refractivity contribution in [3.8, 4) is 0 Å². The molecule has 9 heteroatoms. The molecule has 0 saturated heterocycles. The zero-order valence-corrected chi connectivity index (χ0v) is 17.1. The van der Waals surface area contributed by atoms with Crippen LogP contribution in [0.4, 0.5) is 17.5 Å². The van der Waals surface area contributed by atoms with Crippen LogP contribution in [0.1, 0.15) is 49.2 Å². The summed E-state index contributed by atoms with van der Waals surface area (Å²) in [5, 5.41) is 15.1. The number of carbonyl (C=O) groups is 1. The highest BCUT2D eigenvalue weighted by Gasteiger charge is 2.38. The van der Waals surface area contributed by atoms with Gasteiger partial charge in [0.1, 0.15) is 17.9 Å². The highest BCUT2D eigenvalue weighted by molar-refractivity contribution is 6.15. The predicted molar refractivity (Wildman–Crippen MR) is 111 cm³/mol. The van der Waals surface area contributed by atoms with Crippen LogP contribution in [0, 0.1) is 6.92 Å². The van der Waals surface area contributed by atoms with Gasteiger partial charge in [0.05, 0.1) is 10.9 Å². The van der Waals surface area contributed by atoms with E-state index in [1.165, 1.54) is 6.33 Å². The highest BCUT2D eigenvalue weighted by atomic mass is 16.3. The lowest BCUT2D eigenvalue weighted by atomic mass is 10.1. The second-order valence-corrected chi connectivity index (χ2v) is 7.77. The third kappa shape index (κ3) is 3.85. The summed E-state index contributed by atoms with van der Waals surface area (Å²) in [6.07, 6.45) is 4.58. The fraction of sp³-hybridized carbons (Fsp3) is 0.450. The van der Waals surface area contributed by atoms with Crippen molar-refractivity contribution in [3.05, 3.63) is 29.8 Å². The molecule has 1 amide bonds. The summed E-state index contributed by atoms with van der Waals surface area (Å²) in [7, 11) is 1.96. The first-order chi connectivity index (χ1) is 13.9. The Morgan fingerprint density at radius 1 is 1.28 bits per heavy atom. The molecule has 29 heavy (non-hydrogen) atoms. The van der Waals surface area contributed by atoms with Crippen LogP contribution in [-0.4, -0.2) is 45.2 Å². The fourth-order valence-corrected chi connectivity index (χ4v) is 3.24. The number of hydrogen-bond donors (Lipinski definition) is 2. The number of anilines is 3. The average Bonchev–Trinajstić information content (AvgIpc) is 3.30. The molecular weight excluding hydrogens is 370 g/mol. The van der Waals surface area contributed by atoms with Gasteiger partial charge in [-0.25, -0.2) is 9.97 Å². The second kappa shape index (κ2) is 7.31. The number of aryl methyl sites for hydroxylation is 1. The molecule has 3 aromatic heterocycles. The largest absolute Gasteiger partial charge is 0.442 e. The summed E-state index contributed by atoms with van der Waals surface area (Å²) in [4.78, 5) is 23.6. The molecule has 152 valence electrons. The van der Waals surface area contributed by atoms with E-state index in [-0.39, 0.29) is 11.4 Å². The zero-order chi connectivity index (χ0) is 20.6. The van der Waals surface area contributed by atoms with Gasteiger partial charge in [-0.05, 0) is 45.2 Å². The molecule has 0 spiro atoms. The van der Waals surface area contributed by atoms with E-state index >= 15 is 0 Å². The summed E-state index contributed by atoms with van der Waals surface area (Å²) in [6.45, 7) is 6.86. The molecule has 3 heterocycles. The quantitative estimate of drug-likeness (QED) is 0.627. The van der Waals surface area contributed by atoms with Crippen molar-refractivity contribution in [3.63, 3.8) is 0 Å². The number of nitrogens with one attached hydrogen (secondary N) is 2. The number of rotatable bonds is 7. The molecule has 0 aliphatic heterocycles. The zero-order valence-electron chi connectivity index (χ0n) is 17.1. The fourth-order valence-electron chi connectivity index (χ4n) is 3.24. The van der Waals surface area contributed by atoms with E-state index in [2.05, 4.69) is 44.6 Å². The van der Waals surface area contributed by atoms with Crippen molar-refractivity contribution in [2.45, 2.75) is 45.6 Å². The number of carbonyl (C=O) groups excluding carboxylic acids is 1. The van der Waals surface area contributed by atoms with Crippen molar-refractivity contribution in [2.24, 2.45) is 0 Å². The van der Waals surface area contributed by atoms with Gasteiger partial charge >= 0.3 is 0 Å². The third-order valence-corrected chi connectivity index (χ3v) is 5.15. The molecule has 0 atom stereocenters. The molecule has 0 aromatic carbocycles. The third-order valence-electron chi connectivity index (χ3n) is 5.15. The number of hydrogen-bond acceptors (Lipinski definition) is 8. The Hall–Kier alpha value is -3.23. The normalized spacial score (nSPS) is 14.6. The topological polar surface area (TPSA) is 109 Å². The Morgan fingerprint density at radius 3 is 2.72 bits per heavy atom. The van der Waals surface area contributed by atoms with Gasteiger partial charge < -0.3 is 20.0 Å². The smallest absolute Gasteiger partial charge is 0.261 e. The number of amides is 1. The molecule has 1 saturated carbocycles. The maximum Gasteiger partial charge on any atom is 0.261 e. The maximum atomic E-state index is 13.0. The van der Waals surface area contributed by atoms with E-state index in [0.29, 0.717) is 34.1 Å². The van der Waals surface area contributed by atoms with Gasteiger partial charge in [0.15, 0.2) is 11.6 Å². The second-order valence-electron chi connectivity index (χ2n) is 7.77. The molecule has 3 aromatic rings. The minimum Gasteiger partial charge on any atom is -0.442 e. The van der Waals surface area contributed by atoms with Gasteiger partial charge in [-0.15, -0.1) is 10.2 Å². The van der Waals surface area contributed by atoms with Gasteiger partial charge in [-0.1, -0.05) is 6.92 Å². The van der Waals surface area contributed by atoms with Crippen molar-refractivity contribution in [2.75, 3.05) is 29.1 Å². The Morgan fingerprint density at radius 2 is 2.07 bits per heavy atom. The minimum atomic E-state index is -0.330. The first-order valence-electron chi connectivity index (χ1n) is 9.79. The van der Waals surface area contributed by atoms with Crippen LogP contribution in [0.3, 0.4) is 0 Å². The number of nitrogens with zero attached hydrogens (tertiary/aromatic N) is 5. The molecule has 9 nitrogen and oxygen atoms in total. The van der Waals surface area contributed by atoms with Crippen LogP contribution >= 0.6 is 0 Å². The molecule has 0 bridgehead atoms. The lowest BCUT2D eigenvalue weighted by Gasteiger charge is -2.16. The van der Waals surface area contributed by atoms with E-state index in [1.54, 1.807) is 13.0 Å². The van der Waals surface area contributed by atoms with E-state index in [4.69, 9.17) is 4.42 Å². The monoisotopic (exact) mass is 395 g/mol. The summed E-state index contributed by atoms with van der Waals surface area (Å²) in [5.41, 5.74) is 0.796. The molecule has 1 aliphatic rings. The molecule has 1 aliphatic carbocycles. The lowest BCUT2D eigenvalue weighted by Crippen LogP contribution is -2.20. The van der Waals surface area contributed by atoms with Crippen LogP contribution in [-0.2, 0) is 0 Å². The summed E-state index contributed by atoms with van der Waals surface area (Å²) < 4.78 is 5.72. The molecule has 2 N–H and O–H groups in total. The van der Waals surface area contributed by atoms with Gasteiger partial charge in [-0.2, -0.15) is 0 Å². The lowest BCUT2D eigenvalue weighted by molar-refractivity contribution is 0.102. The van der Waals surface area contributed by atoms with Gasteiger partial charge in [0.25, 0.3) is 5.91 Å². The van der Waals surface area contributed by atoms with Crippen LogP contribution in [0.5, 0.6) is 0 Å². The molecule has 4 rings (SSSR count). The highest BCUT2D eigenvalue weighted by Crippen LogP contribution is 2.40. The Labute approximate surface area is 168 Å².